The molecule has 0 unspecified atom stereocenters. The van der Waals surface area contributed by atoms with Gasteiger partial charge in [0.2, 0.25) is 0 Å². The average Bonchev–Trinajstić information content (AvgIpc) is 2.65. The van der Waals surface area contributed by atoms with Crippen molar-refractivity contribution in [1.29, 1.82) is 0 Å². The minimum Gasteiger partial charge on any atom is -0.372 e. The molecule has 0 amide bonds. The molecular formula is C21H23N3O. The monoisotopic (exact) mass is 333 g/mol. The Labute approximate surface area is 148 Å². The molecule has 3 rings (SSSR count). The van der Waals surface area contributed by atoms with Crippen LogP contribution in [0.1, 0.15) is 19.4 Å². The SMILES string of the molecule is CCN(CC)c1ccc(N=Cc2cc(=O)n(C)c3ccccc23)cc1. The summed E-state index contributed by atoms with van der Waals surface area (Å²) in [5.74, 6) is 0. The summed E-state index contributed by atoms with van der Waals surface area (Å²) >= 11 is 0. The highest BCUT2D eigenvalue weighted by atomic mass is 16.1. The fourth-order valence-corrected chi connectivity index (χ4v) is 3.03. The molecule has 0 saturated carbocycles. The van der Waals surface area contributed by atoms with Crippen LogP contribution in [-0.2, 0) is 7.05 Å². The zero-order chi connectivity index (χ0) is 17.8. The second-order valence-electron chi connectivity index (χ2n) is 5.96. The van der Waals surface area contributed by atoms with Crippen LogP contribution in [-0.4, -0.2) is 23.9 Å². The van der Waals surface area contributed by atoms with Gasteiger partial charge >= 0.3 is 0 Å². The van der Waals surface area contributed by atoms with Crippen LogP contribution in [0.15, 0.2) is 64.4 Å². The number of pyridine rings is 1. The Kier molecular flexibility index (Phi) is 4.98. The number of aliphatic imine (C=N–C) groups is 1. The minimum absolute atomic E-state index is 0.0305. The number of nitrogens with zero attached hydrogens (tertiary/aromatic N) is 3. The van der Waals surface area contributed by atoms with Gasteiger partial charge < -0.3 is 9.47 Å². The Morgan fingerprint density at radius 3 is 2.40 bits per heavy atom. The first-order valence-electron chi connectivity index (χ1n) is 8.62. The normalized spacial score (nSPS) is 11.3. The molecule has 3 aromatic rings. The van der Waals surface area contributed by atoms with Gasteiger partial charge in [-0.15, -0.1) is 0 Å². The summed E-state index contributed by atoms with van der Waals surface area (Å²) in [7, 11) is 1.79. The summed E-state index contributed by atoms with van der Waals surface area (Å²) in [4.78, 5) is 19.0. The van der Waals surface area contributed by atoms with Gasteiger partial charge in [0.05, 0.1) is 11.2 Å². The van der Waals surface area contributed by atoms with E-state index in [2.05, 4.69) is 35.9 Å². The van der Waals surface area contributed by atoms with E-state index in [1.165, 1.54) is 5.69 Å². The van der Waals surface area contributed by atoms with E-state index in [0.29, 0.717) is 0 Å². The molecule has 0 N–H and O–H groups in total. The number of aryl methyl sites for hydroxylation is 1. The molecule has 0 atom stereocenters. The van der Waals surface area contributed by atoms with Crippen LogP contribution >= 0.6 is 0 Å². The Morgan fingerprint density at radius 1 is 1.04 bits per heavy atom. The van der Waals surface area contributed by atoms with E-state index >= 15 is 0 Å². The van der Waals surface area contributed by atoms with Gasteiger partial charge in [0, 0.05) is 49.1 Å². The zero-order valence-corrected chi connectivity index (χ0v) is 14.9. The lowest BCUT2D eigenvalue weighted by atomic mass is 10.1. The number of para-hydroxylation sites is 1. The number of anilines is 1. The van der Waals surface area contributed by atoms with E-state index in [1.54, 1.807) is 23.9 Å². The van der Waals surface area contributed by atoms with Crippen LogP contribution in [0.2, 0.25) is 0 Å². The van der Waals surface area contributed by atoms with Gasteiger partial charge in [-0.3, -0.25) is 9.79 Å². The van der Waals surface area contributed by atoms with Gasteiger partial charge in [-0.05, 0) is 44.2 Å². The van der Waals surface area contributed by atoms with E-state index < -0.39 is 0 Å². The number of fused-ring (bicyclic) bond motifs is 1. The van der Waals surface area contributed by atoms with Gasteiger partial charge in [-0.1, -0.05) is 18.2 Å². The maximum absolute atomic E-state index is 12.1. The van der Waals surface area contributed by atoms with Crippen molar-refractivity contribution in [3.05, 3.63) is 70.5 Å². The largest absolute Gasteiger partial charge is 0.372 e. The molecular weight excluding hydrogens is 310 g/mol. The third kappa shape index (κ3) is 3.48. The number of hydrogen-bond donors (Lipinski definition) is 0. The number of hydrogen-bond acceptors (Lipinski definition) is 3. The Balaban J connectivity index is 1.94. The fraction of sp³-hybridized carbons (Fsp3) is 0.238. The topological polar surface area (TPSA) is 37.6 Å². The second-order valence-corrected chi connectivity index (χ2v) is 5.96. The van der Waals surface area contributed by atoms with E-state index in [0.717, 1.165) is 35.2 Å². The molecule has 4 heteroatoms. The van der Waals surface area contributed by atoms with Crippen molar-refractivity contribution < 1.29 is 0 Å². The van der Waals surface area contributed by atoms with Crippen molar-refractivity contribution in [2.45, 2.75) is 13.8 Å². The summed E-state index contributed by atoms with van der Waals surface area (Å²) in [6.07, 6.45) is 1.77. The smallest absolute Gasteiger partial charge is 0.251 e. The van der Waals surface area contributed by atoms with Crippen molar-refractivity contribution >= 4 is 28.5 Å². The molecule has 128 valence electrons. The van der Waals surface area contributed by atoms with E-state index in [1.807, 2.05) is 36.4 Å². The lowest BCUT2D eigenvalue weighted by Gasteiger charge is -2.20. The molecule has 0 spiro atoms. The summed E-state index contributed by atoms with van der Waals surface area (Å²) in [5.41, 5.74) is 3.79. The quantitative estimate of drug-likeness (QED) is 0.658. The molecule has 1 heterocycles. The Bertz CT molecular complexity index is 951. The Morgan fingerprint density at radius 2 is 1.72 bits per heavy atom. The molecule has 2 aromatic carbocycles. The van der Waals surface area contributed by atoms with Crippen LogP contribution in [0.4, 0.5) is 11.4 Å². The third-order valence-electron chi connectivity index (χ3n) is 4.52. The highest BCUT2D eigenvalue weighted by molar-refractivity contribution is 5.99. The van der Waals surface area contributed by atoms with Gasteiger partial charge in [0.25, 0.3) is 5.56 Å². The van der Waals surface area contributed by atoms with Crippen molar-refractivity contribution in [2.75, 3.05) is 18.0 Å². The highest BCUT2D eigenvalue weighted by Gasteiger charge is 2.04. The second kappa shape index (κ2) is 7.34. The number of benzene rings is 2. The Hall–Kier alpha value is -2.88. The third-order valence-corrected chi connectivity index (χ3v) is 4.52. The first-order valence-corrected chi connectivity index (χ1v) is 8.62. The highest BCUT2D eigenvalue weighted by Crippen LogP contribution is 2.20. The van der Waals surface area contributed by atoms with Gasteiger partial charge in [0.15, 0.2) is 0 Å². The van der Waals surface area contributed by atoms with E-state index in [4.69, 9.17) is 0 Å². The van der Waals surface area contributed by atoms with Crippen LogP contribution < -0.4 is 10.5 Å². The summed E-state index contributed by atoms with van der Waals surface area (Å²) < 4.78 is 1.66. The summed E-state index contributed by atoms with van der Waals surface area (Å²) in [6.45, 7) is 6.27. The summed E-state index contributed by atoms with van der Waals surface area (Å²) in [6, 6.07) is 17.7. The van der Waals surface area contributed by atoms with E-state index in [9.17, 15) is 4.79 Å². The zero-order valence-electron chi connectivity index (χ0n) is 14.9. The maximum atomic E-state index is 12.1. The first kappa shape index (κ1) is 17.0. The summed E-state index contributed by atoms with van der Waals surface area (Å²) in [5, 5.41) is 1.02. The van der Waals surface area contributed by atoms with Crippen molar-refractivity contribution in [1.82, 2.24) is 4.57 Å². The molecule has 0 radical (unpaired) electrons. The maximum Gasteiger partial charge on any atom is 0.251 e. The van der Waals surface area contributed by atoms with Crippen molar-refractivity contribution in [3.63, 3.8) is 0 Å². The molecule has 4 nitrogen and oxygen atoms in total. The number of rotatable bonds is 5. The molecule has 0 saturated heterocycles. The standard InChI is InChI=1S/C21H23N3O/c1-4-24(5-2)18-12-10-17(11-13-18)22-15-16-14-21(25)23(3)20-9-7-6-8-19(16)20/h6-15H,4-5H2,1-3H3. The van der Waals surface area contributed by atoms with E-state index in [-0.39, 0.29) is 5.56 Å². The molecule has 0 aliphatic rings. The molecule has 1 aromatic heterocycles. The van der Waals surface area contributed by atoms with Gasteiger partial charge in [0.1, 0.15) is 0 Å². The predicted octanol–water partition coefficient (Wildman–Crippen LogP) is 4.14. The van der Waals surface area contributed by atoms with Crippen molar-refractivity contribution in [2.24, 2.45) is 12.0 Å². The lowest BCUT2D eigenvalue weighted by Crippen LogP contribution is -2.21. The predicted molar refractivity (Wildman–Crippen MR) is 106 cm³/mol. The van der Waals surface area contributed by atoms with Crippen molar-refractivity contribution in [3.8, 4) is 0 Å². The molecule has 0 fully saturated rings. The van der Waals surface area contributed by atoms with Crippen LogP contribution in [0.3, 0.4) is 0 Å². The molecule has 25 heavy (non-hydrogen) atoms. The van der Waals surface area contributed by atoms with Crippen LogP contribution in [0.5, 0.6) is 0 Å². The van der Waals surface area contributed by atoms with Gasteiger partial charge in [-0.2, -0.15) is 0 Å². The molecule has 0 bridgehead atoms. The molecule has 0 aliphatic carbocycles. The number of aromatic nitrogens is 1. The van der Waals surface area contributed by atoms with Crippen LogP contribution in [0.25, 0.3) is 10.9 Å². The fourth-order valence-electron chi connectivity index (χ4n) is 3.03. The van der Waals surface area contributed by atoms with Crippen LogP contribution in [0, 0.1) is 0 Å². The minimum atomic E-state index is -0.0305. The molecule has 0 aliphatic heterocycles. The average molecular weight is 333 g/mol. The first-order chi connectivity index (χ1) is 12.1. The van der Waals surface area contributed by atoms with Gasteiger partial charge in [-0.25, -0.2) is 0 Å². The lowest BCUT2D eigenvalue weighted by molar-refractivity contribution is 0.866.